The van der Waals surface area contributed by atoms with Crippen molar-refractivity contribution < 1.29 is 48.2 Å². The molecule has 46 heavy (non-hydrogen) atoms. The quantitative estimate of drug-likeness (QED) is 0.0260. The summed E-state index contributed by atoms with van der Waals surface area (Å²) in [5.74, 6) is -1.12. The van der Waals surface area contributed by atoms with Crippen LogP contribution >= 0.6 is 7.82 Å². The maximum absolute atomic E-state index is 12.3. The first kappa shape index (κ1) is 43.9. The van der Waals surface area contributed by atoms with Gasteiger partial charge in [-0.3, -0.25) is 14.1 Å². The van der Waals surface area contributed by atoms with Gasteiger partial charge in [0.2, 0.25) is 0 Å². The lowest BCUT2D eigenvalue weighted by molar-refractivity contribution is -0.161. The fourth-order valence-corrected chi connectivity index (χ4v) is 4.77. The van der Waals surface area contributed by atoms with Crippen molar-refractivity contribution in [2.24, 2.45) is 0 Å². The number of hydrogen-bond donors (Lipinski definition) is 4. The first-order valence-electron chi connectivity index (χ1n) is 17.1. The largest absolute Gasteiger partial charge is 0.469 e. The summed E-state index contributed by atoms with van der Waals surface area (Å²) in [6.45, 7) is 3.32. The van der Waals surface area contributed by atoms with E-state index in [0.29, 0.717) is 25.7 Å². The highest BCUT2D eigenvalue weighted by molar-refractivity contribution is 7.46. The van der Waals surface area contributed by atoms with Crippen LogP contribution in [0.4, 0.5) is 0 Å². The Balaban J connectivity index is 4.28. The van der Waals surface area contributed by atoms with Crippen molar-refractivity contribution in [1.29, 1.82) is 0 Å². The lowest BCUT2D eigenvalue weighted by atomic mass is 10.1. The number of unbranched alkanes of at least 4 members (excludes halogenated alkanes) is 10. The summed E-state index contributed by atoms with van der Waals surface area (Å²) >= 11 is 0. The van der Waals surface area contributed by atoms with E-state index in [1.54, 1.807) is 18.2 Å². The number of allylic oxidation sites excluding steroid dienone is 6. The average Bonchev–Trinajstić information content (AvgIpc) is 3.00. The van der Waals surface area contributed by atoms with Crippen LogP contribution in [0.5, 0.6) is 0 Å². The van der Waals surface area contributed by atoms with Crippen molar-refractivity contribution in [1.82, 2.24) is 0 Å². The Kier molecular flexibility index (Phi) is 28.9. The fourth-order valence-electron chi connectivity index (χ4n) is 4.41. The summed E-state index contributed by atoms with van der Waals surface area (Å²) in [5, 5.41) is 20.0. The van der Waals surface area contributed by atoms with E-state index < -0.39 is 44.7 Å². The number of aliphatic hydroxyl groups excluding tert-OH is 2. The van der Waals surface area contributed by atoms with Crippen LogP contribution in [-0.2, 0) is 28.2 Å². The van der Waals surface area contributed by atoms with Crippen LogP contribution in [0.15, 0.2) is 48.6 Å². The highest BCUT2D eigenvalue weighted by atomic mass is 31.2. The van der Waals surface area contributed by atoms with E-state index in [4.69, 9.17) is 19.3 Å². The Bertz CT molecular complexity index is 924. The molecule has 0 fully saturated rings. The van der Waals surface area contributed by atoms with Crippen LogP contribution in [0.1, 0.15) is 129 Å². The Labute approximate surface area is 277 Å². The van der Waals surface area contributed by atoms with E-state index >= 15 is 0 Å². The van der Waals surface area contributed by atoms with Crippen LogP contribution in [0.25, 0.3) is 0 Å². The Hall–Kier alpha value is -2.07. The molecule has 0 aliphatic rings. The van der Waals surface area contributed by atoms with Gasteiger partial charge >= 0.3 is 19.8 Å². The SMILES string of the molecule is CCCCCCCCCCCC(=O)O[C@H](COC(=O)CCC[C@@H](O)/C=C/C=C\C/C=C\C=C\[C@@H](O)CCCCC)COP(=O)(O)O. The molecular weight excluding hydrogens is 611 g/mol. The standard InChI is InChI=1S/C35H61O10P/c1-3-5-7-8-9-10-14-17-21-27-35(39)45-33(30-44-46(40,41)42)29-43-34(38)28-22-26-32(37)25-20-16-13-11-12-15-19-24-31(36)23-18-6-4-2/h12-13,15-16,19-20,24-25,31-33,36-37H,3-11,14,17-18,21-23,26-30H2,1-2H3,(H2,40,41,42)/b15-12-,16-13-,24-19+,25-20+/t31-,32-,33+/m0/s1. The Morgan fingerprint density at radius 1 is 0.652 bits per heavy atom. The zero-order valence-corrected chi connectivity index (χ0v) is 29.1. The van der Waals surface area contributed by atoms with E-state index in [1.165, 1.54) is 32.1 Å². The molecule has 0 aromatic heterocycles. The number of phosphoric acid groups is 1. The lowest BCUT2D eigenvalue weighted by Gasteiger charge is -2.18. The molecule has 0 bridgehead atoms. The molecule has 0 radical (unpaired) electrons. The molecule has 0 aliphatic carbocycles. The van der Waals surface area contributed by atoms with Gasteiger partial charge in [-0.05, 0) is 32.1 Å². The summed E-state index contributed by atoms with van der Waals surface area (Å²) < 4.78 is 26.0. The minimum Gasteiger partial charge on any atom is -0.462 e. The number of ether oxygens (including phenoxy) is 2. The second-order valence-corrected chi connectivity index (χ2v) is 12.8. The van der Waals surface area contributed by atoms with Gasteiger partial charge in [0, 0.05) is 12.8 Å². The van der Waals surface area contributed by atoms with Crippen molar-refractivity contribution in [3.63, 3.8) is 0 Å². The van der Waals surface area contributed by atoms with Gasteiger partial charge in [-0.15, -0.1) is 0 Å². The zero-order chi connectivity index (χ0) is 34.3. The molecule has 266 valence electrons. The average molecular weight is 673 g/mol. The predicted octanol–water partition coefficient (Wildman–Crippen LogP) is 7.56. The molecule has 3 atom stereocenters. The second-order valence-electron chi connectivity index (χ2n) is 11.5. The van der Waals surface area contributed by atoms with Crippen molar-refractivity contribution in [2.75, 3.05) is 13.2 Å². The Morgan fingerprint density at radius 2 is 1.15 bits per heavy atom. The minimum absolute atomic E-state index is 0.0187. The van der Waals surface area contributed by atoms with Crippen molar-refractivity contribution in [3.8, 4) is 0 Å². The second kappa shape index (κ2) is 30.3. The molecule has 4 N–H and O–H groups in total. The van der Waals surface area contributed by atoms with E-state index in [2.05, 4.69) is 18.4 Å². The molecule has 0 amide bonds. The maximum atomic E-state index is 12.3. The lowest BCUT2D eigenvalue weighted by Crippen LogP contribution is -2.29. The molecular formula is C35H61O10P. The van der Waals surface area contributed by atoms with Crippen LogP contribution in [-0.4, -0.2) is 63.5 Å². The molecule has 0 aliphatic heterocycles. The van der Waals surface area contributed by atoms with E-state index in [0.717, 1.165) is 44.9 Å². The molecule has 11 heteroatoms. The first-order chi connectivity index (χ1) is 22.1. The van der Waals surface area contributed by atoms with Gasteiger partial charge in [0.1, 0.15) is 6.61 Å². The van der Waals surface area contributed by atoms with E-state index in [-0.39, 0.29) is 19.4 Å². The third-order valence-corrected chi connectivity index (χ3v) is 7.54. The van der Waals surface area contributed by atoms with Gasteiger partial charge in [0.25, 0.3) is 0 Å². The third-order valence-electron chi connectivity index (χ3n) is 7.06. The Morgan fingerprint density at radius 3 is 1.72 bits per heavy atom. The van der Waals surface area contributed by atoms with E-state index in [1.807, 2.05) is 30.4 Å². The van der Waals surface area contributed by atoms with Gasteiger partial charge in [-0.2, -0.15) is 0 Å². The number of esters is 2. The molecule has 0 saturated heterocycles. The van der Waals surface area contributed by atoms with Crippen molar-refractivity contribution in [2.45, 2.75) is 148 Å². The molecule has 0 heterocycles. The first-order valence-corrected chi connectivity index (χ1v) is 18.7. The molecule has 0 aromatic carbocycles. The van der Waals surface area contributed by atoms with Gasteiger partial charge in [0.05, 0.1) is 18.8 Å². The van der Waals surface area contributed by atoms with Crippen LogP contribution in [0.2, 0.25) is 0 Å². The summed E-state index contributed by atoms with van der Waals surface area (Å²) in [6.07, 6.45) is 27.8. The number of carbonyl (C=O) groups excluding carboxylic acids is 2. The number of aliphatic hydroxyl groups is 2. The third kappa shape index (κ3) is 31.9. The van der Waals surface area contributed by atoms with Crippen molar-refractivity contribution >= 4 is 19.8 Å². The smallest absolute Gasteiger partial charge is 0.462 e. The number of rotatable bonds is 30. The van der Waals surface area contributed by atoms with Gasteiger partial charge in [0.15, 0.2) is 6.10 Å². The molecule has 0 spiro atoms. The molecule has 10 nitrogen and oxygen atoms in total. The van der Waals surface area contributed by atoms with Gasteiger partial charge < -0.3 is 29.5 Å². The number of carbonyl (C=O) groups is 2. The minimum atomic E-state index is -4.80. The summed E-state index contributed by atoms with van der Waals surface area (Å²) in [7, 11) is -4.80. The molecule has 0 rings (SSSR count). The van der Waals surface area contributed by atoms with Crippen LogP contribution in [0, 0.1) is 0 Å². The highest BCUT2D eigenvalue weighted by Crippen LogP contribution is 2.35. The maximum Gasteiger partial charge on any atom is 0.469 e. The fraction of sp³-hybridized carbons (Fsp3) is 0.714. The number of phosphoric ester groups is 1. The van der Waals surface area contributed by atoms with Crippen molar-refractivity contribution in [3.05, 3.63) is 48.6 Å². The predicted molar refractivity (Wildman–Crippen MR) is 182 cm³/mol. The summed E-state index contributed by atoms with van der Waals surface area (Å²) in [4.78, 5) is 42.5. The highest BCUT2D eigenvalue weighted by Gasteiger charge is 2.23. The summed E-state index contributed by atoms with van der Waals surface area (Å²) in [6, 6.07) is 0. The molecule has 0 unspecified atom stereocenters. The molecule has 0 saturated carbocycles. The van der Waals surface area contributed by atoms with Gasteiger partial charge in [-0.1, -0.05) is 133 Å². The van der Waals surface area contributed by atoms with Gasteiger partial charge in [-0.25, -0.2) is 4.57 Å². The van der Waals surface area contributed by atoms with Crippen LogP contribution in [0.3, 0.4) is 0 Å². The summed E-state index contributed by atoms with van der Waals surface area (Å²) in [5.41, 5.74) is 0. The topological polar surface area (TPSA) is 160 Å². The zero-order valence-electron chi connectivity index (χ0n) is 28.2. The monoisotopic (exact) mass is 672 g/mol. The van der Waals surface area contributed by atoms with Crippen LogP contribution < -0.4 is 0 Å². The normalized spacial score (nSPS) is 14.5. The van der Waals surface area contributed by atoms with E-state index in [9.17, 15) is 24.4 Å². The number of hydrogen-bond acceptors (Lipinski definition) is 8. The molecule has 0 aromatic rings.